The molecule has 0 spiro atoms. The molecule has 0 aliphatic heterocycles. The lowest BCUT2D eigenvalue weighted by Gasteiger charge is -2.12. The van der Waals surface area contributed by atoms with E-state index < -0.39 is 0 Å². The molecule has 0 aliphatic rings. The monoisotopic (exact) mass is 247 g/mol. The van der Waals surface area contributed by atoms with Crippen LogP contribution in [0.4, 0.5) is 0 Å². The third kappa shape index (κ3) is 4.39. The Morgan fingerprint density at radius 2 is 2.13 bits per heavy atom. The van der Waals surface area contributed by atoms with Gasteiger partial charge in [-0.25, -0.2) is 0 Å². The van der Waals surface area contributed by atoms with E-state index in [2.05, 4.69) is 0 Å². The molecular weight excluding hydrogens is 233 g/mol. The molecular formula is C11H15Cl2NO. The quantitative estimate of drug-likeness (QED) is 0.869. The maximum atomic E-state index is 6.04. The predicted octanol–water partition coefficient (Wildman–Crippen LogP) is 2.90. The fraction of sp³-hybridized carbons (Fsp3) is 0.455. The Morgan fingerprint density at radius 3 is 2.73 bits per heavy atom. The van der Waals surface area contributed by atoms with Crippen LogP contribution in [0.3, 0.4) is 0 Å². The number of halogens is 2. The molecule has 1 aromatic rings. The van der Waals surface area contributed by atoms with Crippen LogP contribution in [-0.4, -0.2) is 19.8 Å². The number of hydrogen-bond acceptors (Lipinski definition) is 2. The summed E-state index contributed by atoms with van der Waals surface area (Å²) < 4.78 is 4.97. The smallest absolute Gasteiger partial charge is 0.0477 e. The van der Waals surface area contributed by atoms with Gasteiger partial charge in [0.1, 0.15) is 0 Å². The summed E-state index contributed by atoms with van der Waals surface area (Å²) in [5.74, 6) is 0. The minimum Gasteiger partial charge on any atom is -0.385 e. The van der Waals surface area contributed by atoms with E-state index in [1.54, 1.807) is 13.2 Å². The van der Waals surface area contributed by atoms with Crippen LogP contribution in [0.2, 0.25) is 10.0 Å². The van der Waals surface area contributed by atoms with E-state index in [1.807, 2.05) is 12.1 Å². The Morgan fingerprint density at radius 1 is 1.40 bits per heavy atom. The Balaban J connectivity index is 2.56. The highest BCUT2D eigenvalue weighted by atomic mass is 35.5. The lowest BCUT2D eigenvalue weighted by Crippen LogP contribution is -2.24. The molecule has 4 heteroatoms. The highest BCUT2D eigenvalue weighted by Gasteiger charge is 2.07. The van der Waals surface area contributed by atoms with E-state index in [4.69, 9.17) is 33.7 Å². The zero-order valence-electron chi connectivity index (χ0n) is 8.67. The molecule has 0 saturated heterocycles. The average molecular weight is 248 g/mol. The summed E-state index contributed by atoms with van der Waals surface area (Å²) in [5, 5.41) is 1.32. The van der Waals surface area contributed by atoms with Gasteiger partial charge in [-0.15, -0.1) is 0 Å². The number of hydrogen-bond donors (Lipinski definition) is 1. The van der Waals surface area contributed by atoms with Crippen LogP contribution < -0.4 is 5.73 Å². The molecule has 15 heavy (non-hydrogen) atoms. The normalized spacial score (nSPS) is 12.8. The summed E-state index contributed by atoms with van der Waals surface area (Å²) in [5.41, 5.74) is 6.96. The van der Waals surface area contributed by atoms with Crippen molar-refractivity contribution < 1.29 is 4.74 Å². The standard InChI is InChI=1S/C11H15Cl2NO/c1-15-5-4-10(14)6-8-2-3-9(12)7-11(8)13/h2-3,7,10H,4-6,14H2,1H3. The zero-order valence-corrected chi connectivity index (χ0v) is 10.2. The molecule has 0 fully saturated rings. The van der Waals surface area contributed by atoms with E-state index in [0.29, 0.717) is 16.7 Å². The molecule has 1 aromatic carbocycles. The lowest BCUT2D eigenvalue weighted by atomic mass is 10.0. The molecule has 2 nitrogen and oxygen atoms in total. The fourth-order valence-electron chi connectivity index (χ4n) is 1.34. The number of rotatable bonds is 5. The Labute approximate surface area is 100 Å². The molecule has 1 rings (SSSR count). The first-order valence-electron chi connectivity index (χ1n) is 4.82. The van der Waals surface area contributed by atoms with E-state index in [0.717, 1.165) is 18.4 Å². The van der Waals surface area contributed by atoms with Gasteiger partial charge in [-0.1, -0.05) is 29.3 Å². The fourth-order valence-corrected chi connectivity index (χ4v) is 1.83. The van der Waals surface area contributed by atoms with Crippen LogP contribution in [0.1, 0.15) is 12.0 Å². The second kappa shape index (κ2) is 6.33. The van der Waals surface area contributed by atoms with E-state index in [1.165, 1.54) is 0 Å². The maximum Gasteiger partial charge on any atom is 0.0477 e. The summed E-state index contributed by atoms with van der Waals surface area (Å²) in [4.78, 5) is 0. The van der Waals surface area contributed by atoms with Crippen LogP contribution >= 0.6 is 23.2 Å². The van der Waals surface area contributed by atoms with Gasteiger partial charge in [0.25, 0.3) is 0 Å². The maximum absolute atomic E-state index is 6.04. The van der Waals surface area contributed by atoms with Crippen molar-refractivity contribution in [2.24, 2.45) is 5.73 Å². The van der Waals surface area contributed by atoms with Crippen molar-refractivity contribution in [3.63, 3.8) is 0 Å². The van der Waals surface area contributed by atoms with Gasteiger partial charge in [0.05, 0.1) is 0 Å². The first-order chi connectivity index (χ1) is 7.13. The van der Waals surface area contributed by atoms with Crippen molar-refractivity contribution in [1.29, 1.82) is 0 Å². The molecule has 0 amide bonds. The van der Waals surface area contributed by atoms with Crippen molar-refractivity contribution in [3.05, 3.63) is 33.8 Å². The first kappa shape index (κ1) is 12.8. The summed E-state index contributed by atoms with van der Waals surface area (Å²) in [6.45, 7) is 0.673. The molecule has 0 aliphatic carbocycles. The molecule has 1 atom stereocenters. The van der Waals surface area contributed by atoms with Crippen LogP contribution in [0, 0.1) is 0 Å². The third-order valence-corrected chi connectivity index (χ3v) is 2.78. The predicted molar refractivity (Wildman–Crippen MR) is 64.6 cm³/mol. The molecule has 2 N–H and O–H groups in total. The number of ether oxygens (including phenoxy) is 1. The van der Waals surface area contributed by atoms with E-state index >= 15 is 0 Å². The summed E-state index contributed by atoms with van der Waals surface area (Å²) >= 11 is 11.8. The average Bonchev–Trinajstić information content (AvgIpc) is 2.19. The first-order valence-corrected chi connectivity index (χ1v) is 5.57. The summed E-state index contributed by atoms with van der Waals surface area (Å²) in [7, 11) is 1.67. The highest BCUT2D eigenvalue weighted by molar-refractivity contribution is 6.35. The van der Waals surface area contributed by atoms with Gasteiger partial charge in [0, 0.05) is 29.8 Å². The lowest BCUT2D eigenvalue weighted by molar-refractivity contribution is 0.188. The van der Waals surface area contributed by atoms with Gasteiger partial charge in [-0.2, -0.15) is 0 Å². The van der Waals surface area contributed by atoms with Gasteiger partial charge in [-0.05, 0) is 30.5 Å². The second-order valence-corrected chi connectivity index (χ2v) is 4.33. The van der Waals surface area contributed by atoms with Gasteiger partial charge in [-0.3, -0.25) is 0 Å². The van der Waals surface area contributed by atoms with Crippen molar-refractivity contribution in [1.82, 2.24) is 0 Å². The molecule has 84 valence electrons. The minimum atomic E-state index is 0.0728. The minimum absolute atomic E-state index is 0.0728. The van der Waals surface area contributed by atoms with Crippen LogP contribution in [0.5, 0.6) is 0 Å². The van der Waals surface area contributed by atoms with E-state index in [-0.39, 0.29) is 6.04 Å². The Hall–Kier alpha value is -0.280. The molecule has 0 radical (unpaired) electrons. The summed E-state index contributed by atoms with van der Waals surface area (Å²) in [6.07, 6.45) is 1.58. The van der Waals surface area contributed by atoms with Gasteiger partial charge >= 0.3 is 0 Å². The van der Waals surface area contributed by atoms with Crippen molar-refractivity contribution >= 4 is 23.2 Å². The second-order valence-electron chi connectivity index (χ2n) is 3.48. The van der Waals surface area contributed by atoms with Crippen LogP contribution in [-0.2, 0) is 11.2 Å². The topological polar surface area (TPSA) is 35.2 Å². The number of benzene rings is 1. The molecule has 1 unspecified atom stereocenters. The Bertz CT molecular complexity index is 317. The largest absolute Gasteiger partial charge is 0.385 e. The van der Waals surface area contributed by atoms with Gasteiger partial charge in [0.2, 0.25) is 0 Å². The van der Waals surface area contributed by atoms with Crippen LogP contribution in [0.15, 0.2) is 18.2 Å². The molecule has 0 bridgehead atoms. The van der Waals surface area contributed by atoms with Crippen molar-refractivity contribution in [3.8, 4) is 0 Å². The zero-order chi connectivity index (χ0) is 11.3. The third-order valence-electron chi connectivity index (χ3n) is 2.19. The summed E-state index contributed by atoms with van der Waals surface area (Å²) in [6, 6.07) is 5.55. The highest BCUT2D eigenvalue weighted by Crippen LogP contribution is 2.22. The molecule has 0 heterocycles. The number of methoxy groups -OCH3 is 1. The van der Waals surface area contributed by atoms with Crippen molar-refractivity contribution in [2.75, 3.05) is 13.7 Å². The number of nitrogens with two attached hydrogens (primary N) is 1. The van der Waals surface area contributed by atoms with Crippen LogP contribution in [0.25, 0.3) is 0 Å². The van der Waals surface area contributed by atoms with Gasteiger partial charge < -0.3 is 10.5 Å². The Kier molecular flexibility index (Phi) is 5.40. The molecule has 0 aromatic heterocycles. The van der Waals surface area contributed by atoms with E-state index in [9.17, 15) is 0 Å². The van der Waals surface area contributed by atoms with Gasteiger partial charge in [0.15, 0.2) is 0 Å². The SMILES string of the molecule is COCCC(N)Cc1ccc(Cl)cc1Cl. The van der Waals surface area contributed by atoms with Crippen molar-refractivity contribution in [2.45, 2.75) is 18.9 Å². The molecule has 0 saturated carbocycles.